The highest BCUT2D eigenvalue weighted by Crippen LogP contribution is 2.09. The van der Waals surface area contributed by atoms with Crippen LogP contribution in [-0.2, 0) is 20.7 Å². The van der Waals surface area contributed by atoms with Crippen LogP contribution >= 0.6 is 0 Å². The lowest BCUT2D eigenvalue weighted by atomic mass is 10.1. The van der Waals surface area contributed by atoms with Crippen LogP contribution < -0.4 is 10.6 Å². The molecule has 6 heteroatoms. The fourth-order valence-electron chi connectivity index (χ4n) is 1.97. The maximum absolute atomic E-state index is 11.7. The van der Waals surface area contributed by atoms with Crippen molar-refractivity contribution < 1.29 is 19.1 Å². The van der Waals surface area contributed by atoms with E-state index in [1.54, 1.807) is 31.3 Å². The molecule has 2 N–H and O–H groups in total. The fourth-order valence-corrected chi connectivity index (χ4v) is 1.97. The number of esters is 1. The number of carbonyl (C=O) groups is 3. The van der Waals surface area contributed by atoms with Gasteiger partial charge in [0.25, 0.3) is 11.8 Å². The Balaban J connectivity index is 1.91. The maximum atomic E-state index is 11.7. The summed E-state index contributed by atoms with van der Waals surface area (Å²) in [5.74, 6) is -0.866. The quantitative estimate of drug-likeness (QED) is 0.759. The Morgan fingerprint density at radius 2 is 2.05 bits per heavy atom. The van der Waals surface area contributed by atoms with Gasteiger partial charge in [0.15, 0.2) is 6.10 Å². The standard InChI is InChI=1S/C14H16N2O4/c1-15-13(18)10-4-2-9(3-5-10)8-12(17)20-11-6-7-16-14(11)19/h2-5,11H,6-8H2,1H3,(H,15,18)(H,16,19). The van der Waals surface area contributed by atoms with Crippen LogP contribution in [0.3, 0.4) is 0 Å². The highest BCUT2D eigenvalue weighted by molar-refractivity contribution is 5.94. The van der Waals surface area contributed by atoms with Crippen molar-refractivity contribution >= 4 is 17.8 Å². The molecule has 1 fully saturated rings. The topological polar surface area (TPSA) is 84.5 Å². The first-order chi connectivity index (χ1) is 9.60. The minimum Gasteiger partial charge on any atom is -0.452 e. The first kappa shape index (κ1) is 14.0. The largest absolute Gasteiger partial charge is 0.452 e. The minimum atomic E-state index is -0.673. The van der Waals surface area contributed by atoms with E-state index < -0.39 is 12.1 Å². The summed E-state index contributed by atoms with van der Waals surface area (Å²) >= 11 is 0. The van der Waals surface area contributed by atoms with Crippen molar-refractivity contribution in [1.82, 2.24) is 10.6 Å². The smallest absolute Gasteiger partial charge is 0.311 e. The van der Waals surface area contributed by atoms with Crippen LogP contribution in [0.15, 0.2) is 24.3 Å². The van der Waals surface area contributed by atoms with Crippen LogP contribution in [-0.4, -0.2) is 37.5 Å². The van der Waals surface area contributed by atoms with Gasteiger partial charge in [0.2, 0.25) is 0 Å². The van der Waals surface area contributed by atoms with Gasteiger partial charge >= 0.3 is 5.97 Å². The lowest BCUT2D eigenvalue weighted by Crippen LogP contribution is -2.28. The van der Waals surface area contributed by atoms with E-state index in [1.807, 2.05) is 0 Å². The number of amides is 2. The molecule has 0 saturated carbocycles. The molecule has 1 unspecified atom stereocenters. The molecule has 20 heavy (non-hydrogen) atoms. The number of ether oxygens (including phenoxy) is 1. The van der Waals surface area contributed by atoms with Crippen molar-refractivity contribution in [2.75, 3.05) is 13.6 Å². The average molecular weight is 276 g/mol. The van der Waals surface area contributed by atoms with Crippen LogP contribution in [0.25, 0.3) is 0 Å². The summed E-state index contributed by atoms with van der Waals surface area (Å²) in [6.07, 6.45) is -0.0783. The van der Waals surface area contributed by atoms with E-state index in [4.69, 9.17) is 4.74 Å². The zero-order chi connectivity index (χ0) is 14.5. The molecule has 1 atom stereocenters. The van der Waals surface area contributed by atoms with Crippen molar-refractivity contribution in [3.63, 3.8) is 0 Å². The van der Waals surface area contributed by atoms with Gasteiger partial charge in [-0.1, -0.05) is 12.1 Å². The number of carbonyl (C=O) groups excluding carboxylic acids is 3. The van der Waals surface area contributed by atoms with Gasteiger partial charge in [0.05, 0.1) is 6.42 Å². The van der Waals surface area contributed by atoms with E-state index >= 15 is 0 Å². The second kappa shape index (κ2) is 6.18. The summed E-state index contributed by atoms with van der Waals surface area (Å²) in [6.45, 7) is 0.539. The van der Waals surface area contributed by atoms with Gasteiger partial charge in [-0.2, -0.15) is 0 Å². The summed E-state index contributed by atoms with van der Waals surface area (Å²) in [4.78, 5) is 34.4. The Labute approximate surface area is 116 Å². The van der Waals surface area contributed by atoms with E-state index in [1.165, 1.54) is 0 Å². The Morgan fingerprint density at radius 3 is 2.60 bits per heavy atom. The lowest BCUT2D eigenvalue weighted by molar-refractivity contribution is -0.153. The van der Waals surface area contributed by atoms with E-state index in [2.05, 4.69) is 10.6 Å². The molecular formula is C14H16N2O4. The number of nitrogens with one attached hydrogen (secondary N) is 2. The summed E-state index contributed by atoms with van der Waals surface area (Å²) < 4.78 is 5.10. The predicted molar refractivity (Wildman–Crippen MR) is 71.0 cm³/mol. The second-order valence-corrected chi connectivity index (χ2v) is 4.51. The van der Waals surface area contributed by atoms with E-state index in [9.17, 15) is 14.4 Å². The molecule has 2 amide bonds. The third-order valence-corrected chi connectivity index (χ3v) is 3.06. The van der Waals surface area contributed by atoms with Crippen molar-refractivity contribution in [3.8, 4) is 0 Å². The fraction of sp³-hybridized carbons (Fsp3) is 0.357. The van der Waals surface area contributed by atoms with Gasteiger partial charge < -0.3 is 15.4 Å². The molecule has 1 heterocycles. The molecule has 1 aromatic rings. The highest BCUT2D eigenvalue weighted by Gasteiger charge is 2.27. The monoisotopic (exact) mass is 276 g/mol. The van der Waals surface area contributed by atoms with Crippen LogP contribution in [0, 0.1) is 0 Å². The number of hydrogen-bond donors (Lipinski definition) is 2. The Hall–Kier alpha value is -2.37. The van der Waals surface area contributed by atoms with Gasteiger partial charge in [-0.05, 0) is 17.7 Å². The summed E-state index contributed by atoms with van der Waals surface area (Å²) in [5.41, 5.74) is 1.26. The van der Waals surface area contributed by atoms with Gasteiger partial charge in [-0.15, -0.1) is 0 Å². The van der Waals surface area contributed by atoms with E-state index in [0.29, 0.717) is 18.5 Å². The third kappa shape index (κ3) is 3.34. The predicted octanol–water partition coefficient (Wildman–Crippen LogP) is 0.0204. The van der Waals surface area contributed by atoms with Crippen molar-refractivity contribution in [3.05, 3.63) is 35.4 Å². The highest BCUT2D eigenvalue weighted by atomic mass is 16.5. The molecule has 6 nitrogen and oxygen atoms in total. The third-order valence-electron chi connectivity index (χ3n) is 3.06. The van der Waals surface area contributed by atoms with Crippen LogP contribution in [0.2, 0.25) is 0 Å². The van der Waals surface area contributed by atoms with Crippen LogP contribution in [0.1, 0.15) is 22.3 Å². The number of benzene rings is 1. The zero-order valence-corrected chi connectivity index (χ0v) is 11.1. The Bertz CT molecular complexity index is 524. The Morgan fingerprint density at radius 1 is 1.35 bits per heavy atom. The van der Waals surface area contributed by atoms with Gasteiger partial charge in [-0.25, -0.2) is 0 Å². The molecule has 0 aromatic heterocycles. The molecule has 0 radical (unpaired) electrons. The second-order valence-electron chi connectivity index (χ2n) is 4.51. The minimum absolute atomic E-state index is 0.0812. The number of hydrogen-bond acceptors (Lipinski definition) is 4. The molecule has 106 valence electrons. The molecule has 1 aliphatic rings. The zero-order valence-electron chi connectivity index (χ0n) is 11.1. The molecule has 0 spiro atoms. The molecule has 1 saturated heterocycles. The molecule has 0 aliphatic carbocycles. The summed E-state index contributed by atoms with van der Waals surface area (Å²) in [6, 6.07) is 6.68. The first-order valence-corrected chi connectivity index (χ1v) is 6.38. The van der Waals surface area contributed by atoms with Crippen molar-refractivity contribution in [2.45, 2.75) is 18.9 Å². The normalized spacial score (nSPS) is 17.4. The molecular weight excluding hydrogens is 260 g/mol. The molecule has 1 aliphatic heterocycles. The molecule has 1 aromatic carbocycles. The van der Waals surface area contributed by atoms with Gasteiger partial charge in [0, 0.05) is 25.6 Å². The molecule has 2 rings (SSSR count). The summed E-state index contributed by atoms with van der Waals surface area (Å²) in [5, 5.41) is 5.12. The van der Waals surface area contributed by atoms with Crippen LogP contribution in [0.5, 0.6) is 0 Å². The van der Waals surface area contributed by atoms with Crippen molar-refractivity contribution in [2.24, 2.45) is 0 Å². The maximum Gasteiger partial charge on any atom is 0.311 e. The first-order valence-electron chi connectivity index (χ1n) is 6.38. The average Bonchev–Trinajstić information content (AvgIpc) is 2.84. The lowest BCUT2D eigenvalue weighted by Gasteiger charge is -2.09. The van der Waals surface area contributed by atoms with Crippen LogP contribution in [0.4, 0.5) is 0 Å². The summed E-state index contributed by atoms with van der Waals surface area (Å²) in [7, 11) is 1.56. The van der Waals surface area contributed by atoms with E-state index in [-0.39, 0.29) is 18.2 Å². The van der Waals surface area contributed by atoms with E-state index in [0.717, 1.165) is 5.56 Å². The van der Waals surface area contributed by atoms with Gasteiger partial charge in [-0.3, -0.25) is 14.4 Å². The Kier molecular flexibility index (Phi) is 4.34. The SMILES string of the molecule is CNC(=O)c1ccc(CC(=O)OC2CCNC2=O)cc1. The number of rotatable bonds is 4. The van der Waals surface area contributed by atoms with Crippen molar-refractivity contribution in [1.29, 1.82) is 0 Å². The molecule has 0 bridgehead atoms. The van der Waals surface area contributed by atoms with Gasteiger partial charge in [0.1, 0.15) is 0 Å².